The number of rotatable bonds is 3. The largest absolute Gasteiger partial charge is 0.462 e. The third kappa shape index (κ3) is 1.91. The molecule has 0 aromatic heterocycles. The molecule has 1 saturated heterocycles. The molecular weight excluding hydrogens is 168 g/mol. The van der Waals surface area contributed by atoms with Crippen LogP contribution >= 0.6 is 0 Å². The first-order chi connectivity index (χ1) is 6.31. The molecule has 0 radical (unpaired) electrons. The molecule has 2 aliphatic rings. The summed E-state index contributed by atoms with van der Waals surface area (Å²) >= 11 is 0. The summed E-state index contributed by atoms with van der Waals surface area (Å²) in [6, 6.07) is 0. The summed E-state index contributed by atoms with van der Waals surface area (Å²) in [7, 11) is 0. The van der Waals surface area contributed by atoms with E-state index < -0.39 is 0 Å². The van der Waals surface area contributed by atoms with E-state index in [-0.39, 0.29) is 5.97 Å². The summed E-state index contributed by atoms with van der Waals surface area (Å²) in [5.41, 5.74) is 0. The normalized spacial score (nSPS) is 36.2. The standard InChI is InChI=1S/C10H14O3/c1-2-9(11)12-6-7-4-3-5-8-10(7)13-8/h2,7-8,10H,1,3-6H2. The van der Waals surface area contributed by atoms with E-state index in [0.717, 1.165) is 6.42 Å². The van der Waals surface area contributed by atoms with Gasteiger partial charge in [-0.1, -0.05) is 13.0 Å². The van der Waals surface area contributed by atoms with Crippen molar-refractivity contribution in [2.24, 2.45) is 5.92 Å². The fraction of sp³-hybridized carbons (Fsp3) is 0.700. The molecule has 3 heteroatoms. The Morgan fingerprint density at radius 2 is 2.46 bits per heavy atom. The molecule has 0 spiro atoms. The van der Waals surface area contributed by atoms with Crippen LogP contribution in [0, 0.1) is 5.92 Å². The van der Waals surface area contributed by atoms with E-state index in [9.17, 15) is 4.79 Å². The van der Waals surface area contributed by atoms with Gasteiger partial charge in [0.05, 0.1) is 18.8 Å². The molecule has 1 heterocycles. The van der Waals surface area contributed by atoms with Crippen molar-refractivity contribution >= 4 is 5.97 Å². The lowest BCUT2D eigenvalue weighted by Gasteiger charge is -2.17. The summed E-state index contributed by atoms with van der Waals surface area (Å²) < 4.78 is 10.4. The second-order valence-electron chi connectivity index (χ2n) is 3.66. The zero-order chi connectivity index (χ0) is 9.26. The average molecular weight is 182 g/mol. The first kappa shape index (κ1) is 8.75. The van der Waals surface area contributed by atoms with Crippen LogP contribution in [0.4, 0.5) is 0 Å². The first-order valence-corrected chi connectivity index (χ1v) is 4.76. The molecular formula is C10H14O3. The van der Waals surface area contributed by atoms with Gasteiger partial charge < -0.3 is 9.47 Å². The highest BCUT2D eigenvalue weighted by molar-refractivity contribution is 5.81. The van der Waals surface area contributed by atoms with E-state index in [0.29, 0.717) is 24.7 Å². The summed E-state index contributed by atoms with van der Waals surface area (Å²) in [5, 5.41) is 0. The van der Waals surface area contributed by atoms with Crippen LogP contribution < -0.4 is 0 Å². The number of hydrogen-bond donors (Lipinski definition) is 0. The van der Waals surface area contributed by atoms with Crippen molar-refractivity contribution in [1.82, 2.24) is 0 Å². The zero-order valence-corrected chi connectivity index (χ0v) is 7.57. The number of epoxide rings is 1. The van der Waals surface area contributed by atoms with Crippen molar-refractivity contribution < 1.29 is 14.3 Å². The summed E-state index contributed by atoms with van der Waals surface area (Å²) in [4.78, 5) is 10.8. The third-order valence-electron chi connectivity index (χ3n) is 2.76. The van der Waals surface area contributed by atoms with Crippen molar-refractivity contribution in [3.05, 3.63) is 12.7 Å². The van der Waals surface area contributed by atoms with E-state index in [4.69, 9.17) is 9.47 Å². The molecule has 3 nitrogen and oxygen atoms in total. The van der Waals surface area contributed by atoms with E-state index >= 15 is 0 Å². The Morgan fingerprint density at radius 1 is 1.62 bits per heavy atom. The van der Waals surface area contributed by atoms with Crippen LogP contribution in [0.15, 0.2) is 12.7 Å². The third-order valence-corrected chi connectivity index (χ3v) is 2.76. The second-order valence-corrected chi connectivity index (χ2v) is 3.66. The maximum Gasteiger partial charge on any atom is 0.330 e. The van der Waals surface area contributed by atoms with Gasteiger partial charge in [-0.25, -0.2) is 4.79 Å². The topological polar surface area (TPSA) is 38.8 Å². The van der Waals surface area contributed by atoms with Gasteiger partial charge in [0.15, 0.2) is 0 Å². The van der Waals surface area contributed by atoms with Crippen molar-refractivity contribution in [3.8, 4) is 0 Å². The van der Waals surface area contributed by atoms with E-state index in [1.165, 1.54) is 18.9 Å². The molecule has 3 unspecified atom stereocenters. The Bertz CT molecular complexity index is 224. The minimum absolute atomic E-state index is 0.331. The van der Waals surface area contributed by atoms with Gasteiger partial charge in [-0.05, 0) is 12.8 Å². The molecule has 1 aliphatic carbocycles. The van der Waals surface area contributed by atoms with Gasteiger partial charge in [0.2, 0.25) is 0 Å². The van der Waals surface area contributed by atoms with E-state index in [2.05, 4.69) is 6.58 Å². The van der Waals surface area contributed by atoms with Gasteiger partial charge in [0, 0.05) is 12.0 Å². The monoisotopic (exact) mass is 182 g/mol. The Morgan fingerprint density at radius 3 is 3.23 bits per heavy atom. The fourth-order valence-electron chi connectivity index (χ4n) is 1.98. The Labute approximate surface area is 77.7 Å². The number of hydrogen-bond acceptors (Lipinski definition) is 3. The molecule has 2 fully saturated rings. The quantitative estimate of drug-likeness (QED) is 0.375. The number of carbonyl (C=O) groups is 1. The lowest BCUT2D eigenvalue weighted by molar-refractivity contribution is -0.139. The minimum Gasteiger partial charge on any atom is -0.462 e. The molecule has 72 valence electrons. The molecule has 0 aromatic rings. The molecule has 0 bridgehead atoms. The molecule has 0 N–H and O–H groups in total. The molecule has 1 saturated carbocycles. The smallest absolute Gasteiger partial charge is 0.330 e. The number of ether oxygens (including phenoxy) is 2. The maximum atomic E-state index is 10.8. The maximum absolute atomic E-state index is 10.8. The van der Waals surface area contributed by atoms with Gasteiger partial charge in [-0.2, -0.15) is 0 Å². The van der Waals surface area contributed by atoms with Crippen molar-refractivity contribution in [2.75, 3.05) is 6.61 Å². The van der Waals surface area contributed by atoms with Gasteiger partial charge in [0.25, 0.3) is 0 Å². The van der Waals surface area contributed by atoms with Crippen LogP contribution in [0.5, 0.6) is 0 Å². The Balaban J connectivity index is 1.75. The van der Waals surface area contributed by atoms with Crippen LogP contribution in [0.3, 0.4) is 0 Å². The highest BCUT2D eigenvalue weighted by atomic mass is 16.6. The molecule has 13 heavy (non-hydrogen) atoms. The SMILES string of the molecule is C=CC(=O)OCC1CCCC2OC12. The van der Waals surface area contributed by atoms with E-state index in [1.807, 2.05) is 0 Å². The molecule has 1 aliphatic heterocycles. The lowest BCUT2D eigenvalue weighted by atomic mass is 9.90. The van der Waals surface area contributed by atoms with Crippen LogP contribution in [0.2, 0.25) is 0 Å². The number of esters is 1. The van der Waals surface area contributed by atoms with Gasteiger partial charge >= 0.3 is 5.97 Å². The zero-order valence-electron chi connectivity index (χ0n) is 7.57. The van der Waals surface area contributed by atoms with Crippen LogP contribution in [0.1, 0.15) is 19.3 Å². The molecule has 3 atom stereocenters. The fourth-order valence-corrected chi connectivity index (χ4v) is 1.98. The van der Waals surface area contributed by atoms with Crippen LogP contribution in [0.25, 0.3) is 0 Å². The number of carbonyl (C=O) groups excluding carboxylic acids is 1. The first-order valence-electron chi connectivity index (χ1n) is 4.76. The van der Waals surface area contributed by atoms with Crippen LogP contribution in [-0.2, 0) is 14.3 Å². The molecule has 2 rings (SSSR count). The second kappa shape index (κ2) is 3.50. The Hall–Kier alpha value is -0.830. The van der Waals surface area contributed by atoms with Crippen molar-refractivity contribution in [1.29, 1.82) is 0 Å². The predicted molar refractivity (Wildman–Crippen MR) is 47.2 cm³/mol. The highest BCUT2D eigenvalue weighted by Gasteiger charge is 2.47. The Kier molecular flexibility index (Phi) is 2.36. The summed E-state index contributed by atoms with van der Waals surface area (Å²) in [5.74, 6) is 0.0884. The lowest BCUT2D eigenvalue weighted by Crippen LogP contribution is -2.22. The minimum atomic E-state index is -0.331. The van der Waals surface area contributed by atoms with Crippen molar-refractivity contribution in [2.45, 2.75) is 31.5 Å². The average Bonchev–Trinajstić information content (AvgIpc) is 2.92. The summed E-state index contributed by atoms with van der Waals surface area (Å²) in [6.45, 7) is 3.84. The van der Waals surface area contributed by atoms with Gasteiger partial charge in [-0.3, -0.25) is 0 Å². The van der Waals surface area contributed by atoms with Crippen LogP contribution in [-0.4, -0.2) is 24.8 Å². The highest BCUT2D eigenvalue weighted by Crippen LogP contribution is 2.40. The molecule has 0 aromatic carbocycles. The van der Waals surface area contributed by atoms with E-state index in [1.54, 1.807) is 0 Å². The molecule has 0 amide bonds. The van der Waals surface area contributed by atoms with Gasteiger partial charge in [-0.15, -0.1) is 0 Å². The summed E-state index contributed by atoms with van der Waals surface area (Å²) in [6.07, 6.45) is 5.51. The van der Waals surface area contributed by atoms with Gasteiger partial charge in [0.1, 0.15) is 0 Å². The predicted octanol–water partition coefficient (Wildman–Crippen LogP) is 1.28. The van der Waals surface area contributed by atoms with Crippen molar-refractivity contribution in [3.63, 3.8) is 0 Å². The number of fused-ring (bicyclic) bond motifs is 1.